The first kappa shape index (κ1) is 9.30. The Hall–Kier alpha value is -1.94. The molecule has 0 saturated heterocycles. The van der Waals surface area contributed by atoms with Crippen molar-refractivity contribution in [2.75, 3.05) is 5.73 Å². The van der Waals surface area contributed by atoms with Gasteiger partial charge in [-0.25, -0.2) is 4.98 Å². The van der Waals surface area contributed by atoms with E-state index in [2.05, 4.69) is 27.5 Å². The van der Waals surface area contributed by atoms with Crippen LogP contribution in [0.25, 0.3) is 21.3 Å². The molecule has 3 nitrogen and oxygen atoms in total. The van der Waals surface area contributed by atoms with E-state index in [0.29, 0.717) is 5.82 Å². The molecule has 1 aromatic carbocycles. The number of nitrogens with zero attached hydrogens (tertiary/aromatic N) is 2. The van der Waals surface area contributed by atoms with Crippen molar-refractivity contribution < 1.29 is 0 Å². The van der Waals surface area contributed by atoms with E-state index in [1.54, 1.807) is 23.7 Å². The van der Waals surface area contributed by atoms with Crippen LogP contribution in [-0.4, -0.2) is 9.97 Å². The molecule has 0 aliphatic carbocycles. The lowest BCUT2D eigenvalue weighted by Crippen LogP contribution is -1.93. The Morgan fingerprint density at radius 3 is 2.94 bits per heavy atom. The molecule has 0 amide bonds. The first-order chi connectivity index (χ1) is 7.84. The second-order valence-electron chi connectivity index (χ2n) is 3.47. The van der Waals surface area contributed by atoms with Crippen molar-refractivity contribution in [2.24, 2.45) is 0 Å². The zero-order valence-electron chi connectivity index (χ0n) is 8.42. The Morgan fingerprint density at radius 2 is 2.06 bits per heavy atom. The number of thiophene rings is 1. The van der Waals surface area contributed by atoms with Gasteiger partial charge >= 0.3 is 0 Å². The maximum atomic E-state index is 5.65. The summed E-state index contributed by atoms with van der Waals surface area (Å²) in [4.78, 5) is 8.36. The quantitative estimate of drug-likeness (QED) is 0.695. The van der Waals surface area contributed by atoms with E-state index in [-0.39, 0.29) is 0 Å². The van der Waals surface area contributed by atoms with Crippen molar-refractivity contribution in [1.29, 1.82) is 0 Å². The summed E-state index contributed by atoms with van der Waals surface area (Å²) in [5.41, 5.74) is 7.56. The van der Waals surface area contributed by atoms with Crippen LogP contribution in [0.2, 0.25) is 0 Å². The van der Waals surface area contributed by atoms with Gasteiger partial charge in [0.2, 0.25) is 0 Å². The molecular weight excluding hydrogens is 218 g/mol. The average molecular weight is 227 g/mol. The Morgan fingerprint density at radius 1 is 1.12 bits per heavy atom. The van der Waals surface area contributed by atoms with Crippen LogP contribution in [0.5, 0.6) is 0 Å². The molecule has 2 heterocycles. The standard InChI is InChI=1S/C12H9N3S/c13-11-7-14-6-10(15-11)9-3-1-2-8-4-5-16-12(8)9/h1-7H,(H2,13,15). The zero-order valence-corrected chi connectivity index (χ0v) is 9.24. The molecule has 0 aliphatic rings. The molecule has 0 bridgehead atoms. The molecule has 0 atom stereocenters. The van der Waals surface area contributed by atoms with Crippen molar-refractivity contribution in [2.45, 2.75) is 0 Å². The van der Waals surface area contributed by atoms with Crippen LogP contribution in [0.3, 0.4) is 0 Å². The van der Waals surface area contributed by atoms with Gasteiger partial charge in [-0.15, -0.1) is 11.3 Å². The van der Waals surface area contributed by atoms with Crippen LogP contribution in [0.4, 0.5) is 5.82 Å². The maximum absolute atomic E-state index is 5.65. The summed E-state index contributed by atoms with van der Waals surface area (Å²) < 4.78 is 1.22. The Kier molecular flexibility index (Phi) is 2.08. The number of aromatic nitrogens is 2. The van der Waals surface area contributed by atoms with Crippen molar-refractivity contribution >= 4 is 27.2 Å². The number of nitrogens with two attached hydrogens (primary N) is 1. The highest BCUT2D eigenvalue weighted by molar-refractivity contribution is 7.17. The van der Waals surface area contributed by atoms with E-state index < -0.39 is 0 Å². The first-order valence-electron chi connectivity index (χ1n) is 4.89. The third-order valence-electron chi connectivity index (χ3n) is 2.41. The lowest BCUT2D eigenvalue weighted by molar-refractivity contribution is 1.22. The van der Waals surface area contributed by atoms with Gasteiger partial charge in [0.1, 0.15) is 5.82 Å². The van der Waals surface area contributed by atoms with Gasteiger partial charge in [0.25, 0.3) is 0 Å². The second kappa shape index (κ2) is 3.57. The molecule has 3 rings (SSSR count). The minimum atomic E-state index is 0.450. The van der Waals surface area contributed by atoms with Crippen LogP contribution >= 0.6 is 11.3 Å². The van der Waals surface area contributed by atoms with Crippen LogP contribution in [0.1, 0.15) is 0 Å². The summed E-state index contributed by atoms with van der Waals surface area (Å²) in [7, 11) is 0. The van der Waals surface area contributed by atoms with E-state index >= 15 is 0 Å². The minimum absolute atomic E-state index is 0.450. The predicted molar refractivity (Wildman–Crippen MR) is 67.3 cm³/mol. The van der Waals surface area contributed by atoms with Crippen LogP contribution in [-0.2, 0) is 0 Å². The lowest BCUT2D eigenvalue weighted by atomic mass is 10.1. The highest BCUT2D eigenvalue weighted by Gasteiger charge is 2.06. The molecule has 0 fully saturated rings. The Labute approximate surface area is 96.6 Å². The average Bonchev–Trinajstić information content (AvgIpc) is 2.76. The lowest BCUT2D eigenvalue weighted by Gasteiger charge is -2.02. The minimum Gasteiger partial charge on any atom is -0.382 e. The van der Waals surface area contributed by atoms with Crippen LogP contribution < -0.4 is 5.73 Å². The van der Waals surface area contributed by atoms with Gasteiger partial charge in [0, 0.05) is 10.3 Å². The van der Waals surface area contributed by atoms with Gasteiger partial charge in [-0.05, 0) is 16.8 Å². The monoisotopic (exact) mass is 227 g/mol. The summed E-state index contributed by atoms with van der Waals surface area (Å²) in [6.45, 7) is 0. The molecule has 16 heavy (non-hydrogen) atoms. The van der Waals surface area contributed by atoms with Gasteiger partial charge in [0.05, 0.1) is 18.1 Å². The first-order valence-corrected chi connectivity index (χ1v) is 5.77. The van der Waals surface area contributed by atoms with Gasteiger partial charge in [-0.2, -0.15) is 0 Å². The number of hydrogen-bond donors (Lipinski definition) is 1. The summed E-state index contributed by atoms with van der Waals surface area (Å²) in [6.07, 6.45) is 3.29. The topological polar surface area (TPSA) is 51.8 Å². The van der Waals surface area contributed by atoms with Crippen molar-refractivity contribution in [3.05, 3.63) is 42.0 Å². The molecule has 0 saturated carbocycles. The van der Waals surface area contributed by atoms with Crippen LogP contribution in [0, 0.1) is 0 Å². The molecule has 2 N–H and O–H groups in total. The fraction of sp³-hybridized carbons (Fsp3) is 0. The van der Waals surface area contributed by atoms with E-state index in [4.69, 9.17) is 5.73 Å². The molecule has 0 aliphatic heterocycles. The van der Waals surface area contributed by atoms with Gasteiger partial charge < -0.3 is 5.73 Å². The molecule has 2 aromatic heterocycles. The number of benzene rings is 1. The highest BCUT2D eigenvalue weighted by Crippen LogP contribution is 2.31. The van der Waals surface area contributed by atoms with Crippen LogP contribution in [0.15, 0.2) is 42.0 Å². The Balaban J connectivity index is 2.29. The molecule has 0 spiro atoms. The van der Waals surface area contributed by atoms with E-state index in [1.165, 1.54) is 10.1 Å². The fourth-order valence-corrected chi connectivity index (χ4v) is 2.63. The molecule has 3 aromatic rings. The Bertz CT molecular complexity index is 645. The smallest absolute Gasteiger partial charge is 0.142 e. The number of rotatable bonds is 1. The van der Waals surface area contributed by atoms with E-state index in [0.717, 1.165) is 11.3 Å². The third-order valence-corrected chi connectivity index (χ3v) is 3.37. The number of hydrogen-bond acceptors (Lipinski definition) is 4. The summed E-state index contributed by atoms with van der Waals surface area (Å²) in [6, 6.07) is 8.26. The summed E-state index contributed by atoms with van der Waals surface area (Å²) >= 11 is 1.71. The molecular formula is C12H9N3S. The summed E-state index contributed by atoms with van der Waals surface area (Å²) in [5, 5.41) is 3.31. The van der Waals surface area contributed by atoms with Crippen molar-refractivity contribution in [3.63, 3.8) is 0 Å². The predicted octanol–water partition coefficient (Wildman–Crippen LogP) is 2.94. The van der Waals surface area contributed by atoms with Crippen molar-refractivity contribution in [1.82, 2.24) is 9.97 Å². The van der Waals surface area contributed by atoms with Crippen molar-refractivity contribution in [3.8, 4) is 11.3 Å². The maximum Gasteiger partial charge on any atom is 0.142 e. The van der Waals surface area contributed by atoms with Gasteiger partial charge in [-0.3, -0.25) is 4.98 Å². The fourth-order valence-electron chi connectivity index (χ4n) is 1.71. The van der Waals surface area contributed by atoms with E-state index in [9.17, 15) is 0 Å². The molecule has 4 heteroatoms. The van der Waals surface area contributed by atoms with Gasteiger partial charge in [-0.1, -0.05) is 18.2 Å². The zero-order chi connectivity index (χ0) is 11.0. The molecule has 0 radical (unpaired) electrons. The normalized spacial score (nSPS) is 10.8. The molecule has 78 valence electrons. The largest absolute Gasteiger partial charge is 0.382 e. The number of nitrogen functional groups attached to an aromatic ring is 1. The van der Waals surface area contributed by atoms with Gasteiger partial charge in [0.15, 0.2) is 0 Å². The third kappa shape index (κ3) is 1.44. The second-order valence-corrected chi connectivity index (χ2v) is 4.39. The van der Waals surface area contributed by atoms with E-state index in [1.807, 2.05) is 12.1 Å². The number of fused-ring (bicyclic) bond motifs is 1. The molecule has 0 unspecified atom stereocenters. The SMILES string of the molecule is Nc1cncc(-c2cccc3ccsc23)n1. The summed E-state index contributed by atoms with van der Waals surface area (Å²) in [5.74, 6) is 0.450. The highest BCUT2D eigenvalue weighted by atomic mass is 32.1. The number of anilines is 1.